The van der Waals surface area contributed by atoms with Gasteiger partial charge in [-0.1, -0.05) is 11.6 Å². The highest BCUT2D eigenvalue weighted by Gasteiger charge is 2.37. The molecule has 1 atom stereocenters. The van der Waals surface area contributed by atoms with E-state index in [1.165, 1.54) is 18.3 Å². The highest BCUT2D eigenvalue weighted by Crippen LogP contribution is 2.25. The number of alkyl halides is 3. The van der Waals surface area contributed by atoms with Gasteiger partial charge in [-0.25, -0.2) is 9.67 Å². The Kier molecular flexibility index (Phi) is 4.80. The second-order valence-electron chi connectivity index (χ2n) is 5.14. The first-order valence-corrected chi connectivity index (χ1v) is 7.50. The maximum absolute atomic E-state index is 12.5. The van der Waals surface area contributed by atoms with E-state index < -0.39 is 36.3 Å². The Hall–Kier alpha value is -3.06. The molecule has 1 N–H and O–H groups in total. The van der Waals surface area contributed by atoms with E-state index >= 15 is 0 Å². The fraction of sp³-hybridized carbons (Fsp3) is 0.231. The van der Waals surface area contributed by atoms with Crippen LogP contribution < -0.4 is 5.11 Å². The molecule has 0 aromatic carbocycles. The van der Waals surface area contributed by atoms with Gasteiger partial charge in [-0.15, -0.1) is 10.2 Å². The van der Waals surface area contributed by atoms with Crippen molar-refractivity contribution in [2.75, 3.05) is 0 Å². The molecule has 0 saturated heterocycles. The molecule has 27 heavy (non-hydrogen) atoms. The Balaban J connectivity index is 1.91. The van der Waals surface area contributed by atoms with Gasteiger partial charge in [-0.05, 0) is 23.4 Å². The van der Waals surface area contributed by atoms with Crippen molar-refractivity contribution < 1.29 is 28.2 Å². The van der Waals surface area contributed by atoms with Gasteiger partial charge in [0.15, 0.2) is 5.82 Å². The van der Waals surface area contributed by atoms with Crippen LogP contribution in [0.5, 0.6) is 0 Å². The number of hydrogen-bond acceptors (Lipinski definition) is 8. The van der Waals surface area contributed by atoms with Crippen LogP contribution in [0.4, 0.5) is 13.2 Å². The molecule has 0 spiro atoms. The number of carboxylic acid groups (broad SMARTS) is 1. The van der Waals surface area contributed by atoms with Crippen molar-refractivity contribution in [3.63, 3.8) is 0 Å². The zero-order valence-electron chi connectivity index (χ0n) is 13.0. The Bertz CT molecular complexity index is 988. The number of aromatic nitrogens is 7. The summed E-state index contributed by atoms with van der Waals surface area (Å²) < 4.78 is 38.3. The molecule has 0 saturated carbocycles. The molecule has 3 aromatic rings. The number of aliphatic hydroxyl groups is 1. The first-order chi connectivity index (χ1) is 12.7. The van der Waals surface area contributed by atoms with Gasteiger partial charge in [0, 0.05) is 6.20 Å². The zero-order valence-corrected chi connectivity index (χ0v) is 13.8. The van der Waals surface area contributed by atoms with Gasteiger partial charge in [0.25, 0.3) is 5.82 Å². The maximum atomic E-state index is 12.5. The Morgan fingerprint density at radius 1 is 1.37 bits per heavy atom. The minimum absolute atomic E-state index is 0.0324. The molecule has 3 heterocycles. The topological polar surface area (TPSA) is 135 Å². The van der Waals surface area contributed by atoms with Gasteiger partial charge >= 0.3 is 6.18 Å². The van der Waals surface area contributed by atoms with Crippen LogP contribution in [0.3, 0.4) is 0 Å². The lowest BCUT2D eigenvalue weighted by Crippen LogP contribution is -2.25. The molecule has 1 unspecified atom stereocenters. The summed E-state index contributed by atoms with van der Waals surface area (Å²) in [6, 6.07) is 3.93. The van der Waals surface area contributed by atoms with Crippen LogP contribution in [0, 0.1) is 0 Å². The van der Waals surface area contributed by atoms with Gasteiger partial charge in [0.05, 0.1) is 28.9 Å². The number of carbonyl (C=O) groups excluding carboxylic acids is 1. The lowest BCUT2D eigenvalue weighted by molar-refractivity contribution is -0.255. The highest BCUT2D eigenvalue weighted by atomic mass is 35.5. The smallest absolute Gasteiger partial charge is 0.455 e. The molecule has 0 amide bonds. The summed E-state index contributed by atoms with van der Waals surface area (Å²) in [6.45, 7) is -0.553. The average molecular weight is 403 g/mol. The standard InChI is InChI=1S/C13H9ClF3N7O3/c14-6-2-1-3-18-10(6)24-8(11(26)27)4-7(20-24)9(25)5-23-21-12(19-22-23)13(15,16)17/h1-4,9,25H,5H2,(H,26,27)/p-1. The number of nitrogens with zero attached hydrogens (tertiary/aromatic N) is 7. The van der Waals surface area contributed by atoms with E-state index in [1.54, 1.807) is 0 Å². The number of aliphatic hydroxyl groups excluding tert-OH is 1. The van der Waals surface area contributed by atoms with Gasteiger partial charge in [-0.3, -0.25) is 0 Å². The van der Waals surface area contributed by atoms with Crippen LogP contribution in [0.25, 0.3) is 5.82 Å². The molecular weight excluding hydrogens is 395 g/mol. The lowest BCUT2D eigenvalue weighted by atomic mass is 10.2. The van der Waals surface area contributed by atoms with E-state index in [9.17, 15) is 28.2 Å². The van der Waals surface area contributed by atoms with Crippen molar-refractivity contribution >= 4 is 17.6 Å². The highest BCUT2D eigenvalue weighted by molar-refractivity contribution is 6.32. The average Bonchev–Trinajstić information content (AvgIpc) is 3.22. The number of aromatic carboxylic acids is 1. The van der Waals surface area contributed by atoms with E-state index in [1.807, 2.05) is 0 Å². The SMILES string of the molecule is O=C([O-])c1cc(C(O)Cn2nnc(C(F)(F)F)n2)nn1-c1ncccc1Cl. The van der Waals surface area contributed by atoms with Crippen molar-refractivity contribution in [1.29, 1.82) is 0 Å². The van der Waals surface area contributed by atoms with Gasteiger partial charge in [0.2, 0.25) is 0 Å². The van der Waals surface area contributed by atoms with Crippen molar-refractivity contribution in [3.05, 3.63) is 46.6 Å². The zero-order chi connectivity index (χ0) is 19.8. The van der Waals surface area contributed by atoms with Crippen molar-refractivity contribution in [2.24, 2.45) is 0 Å². The molecular formula is C13H8ClF3N7O3-. The maximum Gasteiger partial charge on any atom is 0.455 e. The first kappa shape index (κ1) is 18.7. The third-order valence-corrected chi connectivity index (χ3v) is 3.56. The number of rotatable bonds is 5. The third-order valence-electron chi connectivity index (χ3n) is 3.26. The quantitative estimate of drug-likeness (QED) is 0.631. The second-order valence-corrected chi connectivity index (χ2v) is 5.55. The van der Waals surface area contributed by atoms with E-state index in [0.717, 1.165) is 10.7 Å². The number of pyridine rings is 1. The summed E-state index contributed by atoms with van der Waals surface area (Å²) >= 11 is 5.96. The minimum atomic E-state index is -4.79. The van der Waals surface area contributed by atoms with Crippen LogP contribution in [0.2, 0.25) is 5.02 Å². The molecule has 3 rings (SSSR count). The Morgan fingerprint density at radius 3 is 2.70 bits per heavy atom. The second kappa shape index (κ2) is 6.92. The van der Waals surface area contributed by atoms with E-state index in [4.69, 9.17) is 11.6 Å². The predicted octanol–water partition coefficient (Wildman–Crippen LogP) is 0.0231. The summed E-state index contributed by atoms with van der Waals surface area (Å²) in [5.41, 5.74) is -0.658. The van der Waals surface area contributed by atoms with Crippen LogP contribution in [0.1, 0.15) is 28.1 Å². The largest absolute Gasteiger partial charge is 0.543 e. The van der Waals surface area contributed by atoms with E-state index in [2.05, 4.69) is 25.5 Å². The van der Waals surface area contributed by atoms with Crippen molar-refractivity contribution in [2.45, 2.75) is 18.8 Å². The van der Waals surface area contributed by atoms with Crippen LogP contribution >= 0.6 is 11.6 Å². The Labute approximate surface area is 152 Å². The fourth-order valence-electron chi connectivity index (χ4n) is 2.08. The van der Waals surface area contributed by atoms with E-state index in [-0.39, 0.29) is 16.5 Å². The van der Waals surface area contributed by atoms with Crippen molar-refractivity contribution in [1.82, 2.24) is 35.0 Å². The third kappa shape index (κ3) is 3.88. The molecule has 0 aliphatic rings. The van der Waals surface area contributed by atoms with Gasteiger partial charge < -0.3 is 15.0 Å². The summed E-state index contributed by atoms with van der Waals surface area (Å²) in [4.78, 5) is 15.7. The monoisotopic (exact) mass is 402 g/mol. The summed E-state index contributed by atoms with van der Waals surface area (Å²) in [5.74, 6) is -3.13. The van der Waals surface area contributed by atoms with Crippen LogP contribution in [-0.4, -0.2) is 46.0 Å². The van der Waals surface area contributed by atoms with Crippen LogP contribution in [-0.2, 0) is 12.7 Å². The predicted molar refractivity (Wildman–Crippen MR) is 78.5 cm³/mol. The van der Waals surface area contributed by atoms with E-state index in [0.29, 0.717) is 4.80 Å². The number of carbonyl (C=O) groups is 1. The fourth-order valence-corrected chi connectivity index (χ4v) is 2.29. The molecule has 0 aliphatic carbocycles. The minimum Gasteiger partial charge on any atom is -0.543 e. The number of carboxylic acids is 1. The normalized spacial score (nSPS) is 12.9. The van der Waals surface area contributed by atoms with Gasteiger partial charge in [-0.2, -0.15) is 23.1 Å². The lowest BCUT2D eigenvalue weighted by Gasteiger charge is -2.08. The molecule has 142 valence electrons. The number of halogens is 4. The summed E-state index contributed by atoms with van der Waals surface area (Å²) in [5, 5.41) is 34.6. The molecule has 0 bridgehead atoms. The molecule has 3 aromatic heterocycles. The Morgan fingerprint density at radius 2 is 2.11 bits per heavy atom. The number of tetrazole rings is 1. The van der Waals surface area contributed by atoms with Gasteiger partial charge in [0.1, 0.15) is 6.10 Å². The first-order valence-electron chi connectivity index (χ1n) is 7.12. The molecule has 0 aliphatic heterocycles. The molecule has 14 heteroatoms. The summed E-state index contributed by atoms with van der Waals surface area (Å²) in [6.07, 6.45) is -4.99. The van der Waals surface area contributed by atoms with Crippen molar-refractivity contribution in [3.8, 4) is 5.82 Å². The summed E-state index contributed by atoms with van der Waals surface area (Å²) in [7, 11) is 0. The number of hydrogen-bond donors (Lipinski definition) is 1. The molecule has 0 fully saturated rings. The molecule has 0 radical (unpaired) electrons. The van der Waals surface area contributed by atoms with Crippen LogP contribution in [0.15, 0.2) is 24.4 Å². The molecule has 10 nitrogen and oxygen atoms in total.